The van der Waals surface area contributed by atoms with Crippen LogP contribution in [-0.4, -0.2) is 32.1 Å². The van der Waals surface area contributed by atoms with Gasteiger partial charge in [0.15, 0.2) is 0 Å². The highest BCUT2D eigenvalue weighted by atomic mass is 16.2. The van der Waals surface area contributed by atoms with Crippen LogP contribution in [0.5, 0.6) is 0 Å². The van der Waals surface area contributed by atoms with Crippen molar-refractivity contribution in [2.75, 3.05) is 31.1 Å². The first-order chi connectivity index (χ1) is 8.81. The van der Waals surface area contributed by atoms with Gasteiger partial charge in [-0.25, -0.2) is 0 Å². The number of nitrogens with one attached hydrogen (secondary N) is 1. The van der Waals surface area contributed by atoms with Gasteiger partial charge in [0.25, 0.3) is 0 Å². The lowest BCUT2D eigenvalue weighted by Gasteiger charge is -2.27. The Morgan fingerprint density at radius 1 is 1.33 bits per heavy atom. The Labute approximate surface area is 108 Å². The molecule has 0 atom stereocenters. The van der Waals surface area contributed by atoms with Crippen LogP contribution in [0.15, 0.2) is 24.3 Å². The number of anilines is 1. The third-order valence-corrected chi connectivity index (χ3v) is 3.23. The number of rotatable bonds is 5. The molecule has 2 rings (SSSR count). The Bertz CT molecular complexity index is 406. The molecule has 0 aliphatic carbocycles. The largest absolute Gasteiger partial charge is 0.330 e. The molecule has 98 valence electrons. The average Bonchev–Trinajstić information content (AvgIpc) is 2.40. The molecule has 4 heteroatoms. The minimum absolute atomic E-state index is 0.153. The van der Waals surface area contributed by atoms with Crippen LogP contribution in [0.2, 0.25) is 0 Å². The van der Waals surface area contributed by atoms with Gasteiger partial charge in [-0.2, -0.15) is 0 Å². The van der Waals surface area contributed by atoms with Crippen molar-refractivity contribution in [2.45, 2.75) is 19.3 Å². The van der Waals surface area contributed by atoms with Gasteiger partial charge in [-0.05, 0) is 43.5 Å². The van der Waals surface area contributed by atoms with Gasteiger partial charge in [-0.1, -0.05) is 12.1 Å². The van der Waals surface area contributed by atoms with Crippen LogP contribution < -0.4 is 16.0 Å². The Hall–Kier alpha value is -1.39. The predicted octanol–water partition coefficient (Wildman–Crippen LogP) is 0.904. The summed E-state index contributed by atoms with van der Waals surface area (Å²) in [6, 6.07) is 8.28. The zero-order valence-electron chi connectivity index (χ0n) is 10.7. The lowest BCUT2D eigenvalue weighted by molar-refractivity contribution is -0.118. The van der Waals surface area contributed by atoms with Crippen LogP contribution >= 0.6 is 0 Å². The molecule has 1 amide bonds. The fraction of sp³-hybridized carbons (Fsp3) is 0.500. The number of hydrogen-bond donors (Lipinski definition) is 2. The van der Waals surface area contributed by atoms with Crippen LogP contribution in [0.3, 0.4) is 0 Å². The van der Waals surface area contributed by atoms with Crippen LogP contribution in [0.4, 0.5) is 5.69 Å². The van der Waals surface area contributed by atoms with E-state index in [9.17, 15) is 4.79 Å². The molecule has 1 aliphatic heterocycles. The maximum absolute atomic E-state index is 11.8. The second-order valence-corrected chi connectivity index (χ2v) is 4.64. The van der Waals surface area contributed by atoms with E-state index in [2.05, 4.69) is 17.4 Å². The summed E-state index contributed by atoms with van der Waals surface area (Å²) in [6.07, 6.45) is 3.19. The van der Waals surface area contributed by atoms with Gasteiger partial charge in [0.2, 0.25) is 5.91 Å². The van der Waals surface area contributed by atoms with E-state index in [1.807, 2.05) is 17.0 Å². The van der Waals surface area contributed by atoms with E-state index in [1.54, 1.807) is 0 Å². The third kappa shape index (κ3) is 3.31. The van der Waals surface area contributed by atoms with Crippen LogP contribution in [0.1, 0.15) is 18.4 Å². The highest BCUT2D eigenvalue weighted by Gasteiger charge is 2.18. The van der Waals surface area contributed by atoms with E-state index in [0.29, 0.717) is 6.54 Å². The molecule has 0 aromatic heterocycles. The summed E-state index contributed by atoms with van der Waals surface area (Å²) in [5, 5.41) is 3.09. The maximum atomic E-state index is 11.8. The molecule has 1 heterocycles. The first-order valence-corrected chi connectivity index (χ1v) is 6.61. The zero-order valence-corrected chi connectivity index (χ0v) is 10.7. The molecule has 1 aromatic rings. The molecule has 0 bridgehead atoms. The summed E-state index contributed by atoms with van der Waals surface area (Å²) in [7, 11) is 0. The molecule has 0 saturated carbocycles. The Morgan fingerprint density at radius 2 is 2.22 bits per heavy atom. The van der Waals surface area contributed by atoms with Gasteiger partial charge in [0, 0.05) is 18.8 Å². The zero-order chi connectivity index (χ0) is 12.8. The van der Waals surface area contributed by atoms with Gasteiger partial charge in [-0.15, -0.1) is 0 Å². The van der Waals surface area contributed by atoms with Crippen molar-refractivity contribution in [2.24, 2.45) is 5.73 Å². The molecule has 3 N–H and O–H groups in total. The van der Waals surface area contributed by atoms with Crippen molar-refractivity contribution in [3.05, 3.63) is 29.8 Å². The van der Waals surface area contributed by atoms with Crippen molar-refractivity contribution in [3.8, 4) is 0 Å². The normalized spacial score (nSPS) is 16.1. The molecule has 1 aliphatic rings. The predicted molar refractivity (Wildman–Crippen MR) is 73.7 cm³/mol. The SMILES string of the molecule is NCCCCc1cccc(N2CCNCC2=O)c1. The number of hydrogen-bond acceptors (Lipinski definition) is 3. The summed E-state index contributed by atoms with van der Waals surface area (Å²) in [4.78, 5) is 13.7. The average molecular weight is 247 g/mol. The van der Waals surface area contributed by atoms with Crippen molar-refractivity contribution >= 4 is 11.6 Å². The third-order valence-electron chi connectivity index (χ3n) is 3.23. The molecule has 0 unspecified atom stereocenters. The number of carbonyl (C=O) groups excluding carboxylic acids is 1. The topological polar surface area (TPSA) is 58.4 Å². The number of carbonyl (C=O) groups is 1. The molecule has 1 aromatic carbocycles. The van der Waals surface area contributed by atoms with E-state index in [0.717, 1.165) is 44.6 Å². The summed E-state index contributed by atoms with van der Waals surface area (Å²) in [5.74, 6) is 0.153. The summed E-state index contributed by atoms with van der Waals surface area (Å²) >= 11 is 0. The quantitative estimate of drug-likeness (QED) is 0.760. The smallest absolute Gasteiger partial charge is 0.240 e. The molecule has 0 radical (unpaired) electrons. The second kappa shape index (κ2) is 6.52. The van der Waals surface area contributed by atoms with Gasteiger partial charge < -0.3 is 16.0 Å². The van der Waals surface area contributed by atoms with Gasteiger partial charge >= 0.3 is 0 Å². The van der Waals surface area contributed by atoms with Gasteiger partial charge in [0.1, 0.15) is 0 Å². The summed E-state index contributed by atoms with van der Waals surface area (Å²) in [5.41, 5.74) is 7.80. The molecule has 0 spiro atoms. The van der Waals surface area contributed by atoms with Gasteiger partial charge in [-0.3, -0.25) is 4.79 Å². The minimum atomic E-state index is 0.153. The number of benzene rings is 1. The molecule has 18 heavy (non-hydrogen) atoms. The number of nitrogens with two attached hydrogens (primary N) is 1. The van der Waals surface area contributed by atoms with E-state index >= 15 is 0 Å². The van der Waals surface area contributed by atoms with Crippen molar-refractivity contribution < 1.29 is 4.79 Å². The van der Waals surface area contributed by atoms with Crippen LogP contribution in [-0.2, 0) is 11.2 Å². The maximum Gasteiger partial charge on any atom is 0.240 e. The van der Waals surface area contributed by atoms with Gasteiger partial charge in [0.05, 0.1) is 6.54 Å². The van der Waals surface area contributed by atoms with E-state index in [-0.39, 0.29) is 5.91 Å². The summed E-state index contributed by atoms with van der Waals surface area (Å²) < 4.78 is 0. The molecular weight excluding hydrogens is 226 g/mol. The molecular formula is C14H21N3O. The lowest BCUT2D eigenvalue weighted by Crippen LogP contribution is -2.48. The van der Waals surface area contributed by atoms with E-state index < -0.39 is 0 Å². The minimum Gasteiger partial charge on any atom is -0.330 e. The highest BCUT2D eigenvalue weighted by Crippen LogP contribution is 2.18. The number of amides is 1. The number of piperazine rings is 1. The Balaban J connectivity index is 2.03. The van der Waals surface area contributed by atoms with Crippen LogP contribution in [0, 0.1) is 0 Å². The summed E-state index contributed by atoms with van der Waals surface area (Å²) in [6.45, 7) is 2.81. The lowest BCUT2D eigenvalue weighted by atomic mass is 10.1. The van der Waals surface area contributed by atoms with E-state index in [4.69, 9.17) is 5.73 Å². The van der Waals surface area contributed by atoms with Crippen molar-refractivity contribution in [1.82, 2.24) is 5.32 Å². The van der Waals surface area contributed by atoms with Crippen molar-refractivity contribution in [3.63, 3.8) is 0 Å². The van der Waals surface area contributed by atoms with Crippen molar-refractivity contribution in [1.29, 1.82) is 0 Å². The standard InChI is InChI=1S/C14H21N3O/c15-7-2-1-4-12-5-3-6-13(10-12)17-9-8-16-11-14(17)18/h3,5-6,10,16H,1-2,4,7-9,11,15H2. The fourth-order valence-electron chi connectivity index (χ4n) is 2.23. The fourth-order valence-corrected chi connectivity index (χ4v) is 2.23. The molecule has 1 fully saturated rings. The monoisotopic (exact) mass is 247 g/mol. The second-order valence-electron chi connectivity index (χ2n) is 4.64. The number of unbranched alkanes of at least 4 members (excludes halogenated alkanes) is 1. The first kappa shape index (κ1) is 13.1. The Morgan fingerprint density at radius 3 is 3.00 bits per heavy atom. The number of nitrogens with zero attached hydrogens (tertiary/aromatic N) is 1. The first-order valence-electron chi connectivity index (χ1n) is 6.61. The highest BCUT2D eigenvalue weighted by molar-refractivity contribution is 5.95. The molecule has 4 nitrogen and oxygen atoms in total. The van der Waals surface area contributed by atoms with E-state index in [1.165, 1.54) is 5.56 Å². The Kier molecular flexibility index (Phi) is 4.73. The number of aryl methyl sites for hydroxylation is 1. The van der Waals surface area contributed by atoms with Crippen LogP contribution in [0.25, 0.3) is 0 Å². The molecule has 1 saturated heterocycles.